The van der Waals surface area contributed by atoms with Crippen molar-refractivity contribution < 1.29 is 4.79 Å². The Labute approximate surface area is 233 Å². The maximum Gasteiger partial charge on any atom is 0.251 e. The number of carbonyl (C=O) groups excluding carboxylic acids is 1. The van der Waals surface area contributed by atoms with Crippen LogP contribution < -0.4 is 20.8 Å². The third-order valence-corrected chi connectivity index (χ3v) is 9.32. The van der Waals surface area contributed by atoms with Crippen molar-refractivity contribution >= 4 is 41.5 Å². The van der Waals surface area contributed by atoms with Crippen molar-refractivity contribution in [1.82, 2.24) is 0 Å². The Kier molecular flexibility index (Phi) is 8.46. The Morgan fingerprint density at radius 2 is 1.18 bits per heavy atom. The van der Waals surface area contributed by atoms with Crippen molar-refractivity contribution in [2.45, 2.75) is 19.9 Å². The van der Waals surface area contributed by atoms with Gasteiger partial charge in [0, 0.05) is 11.4 Å². The minimum absolute atomic E-state index is 0.0400. The second-order valence-electron chi connectivity index (χ2n) is 9.49. The van der Waals surface area contributed by atoms with Gasteiger partial charge in [0.05, 0.1) is 11.7 Å². The number of nitrogens with zero attached hydrogens (tertiary/aromatic N) is 1. The van der Waals surface area contributed by atoms with Crippen LogP contribution in [0.25, 0.3) is 6.08 Å². The fourth-order valence-corrected chi connectivity index (χ4v) is 7.43. The maximum atomic E-state index is 14.2. The fourth-order valence-electron chi connectivity index (χ4n) is 4.91. The number of hydrogen-bond donors (Lipinski definition) is 0. The number of anilines is 1. The summed E-state index contributed by atoms with van der Waals surface area (Å²) in [6, 6.07) is 47.8. The molecule has 0 heterocycles. The summed E-state index contributed by atoms with van der Waals surface area (Å²) in [6.45, 7) is 4.23. The topological polar surface area (TPSA) is 20.3 Å². The van der Waals surface area contributed by atoms with E-state index < -0.39 is 7.92 Å². The first-order chi connectivity index (χ1) is 19.1. The van der Waals surface area contributed by atoms with Gasteiger partial charge in [-0.2, -0.15) is 0 Å². The van der Waals surface area contributed by atoms with Gasteiger partial charge in [0.2, 0.25) is 0 Å². The summed E-state index contributed by atoms with van der Waals surface area (Å²) in [5.41, 5.74) is 4.15. The Morgan fingerprint density at radius 1 is 0.667 bits per heavy atom. The predicted octanol–water partition coefficient (Wildman–Crippen LogP) is 7.56. The van der Waals surface area contributed by atoms with Crippen LogP contribution in [0.15, 0.2) is 146 Å². The van der Waals surface area contributed by atoms with Gasteiger partial charge in [-0.1, -0.05) is 140 Å². The minimum atomic E-state index is -0.905. The van der Waals surface area contributed by atoms with Gasteiger partial charge < -0.3 is 4.90 Å². The van der Waals surface area contributed by atoms with E-state index in [1.54, 1.807) is 6.08 Å². The van der Waals surface area contributed by atoms with Gasteiger partial charge in [0.15, 0.2) is 0 Å². The first-order valence-electron chi connectivity index (χ1n) is 13.2. The van der Waals surface area contributed by atoms with Crippen molar-refractivity contribution in [3.63, 3.8) is 0 Å². The highest BCUT2D eigenvalue weighted by atomic mass is 31.1. The van der Waals surface area contributed by atoms with Crippen LogP contribution in [0.4, 0.5) is 5.69 Å². The van der Waals surface area contributed by atoms with Crippen molar-refractivity contribution in [2.24, 2.45) is 0 Å². The van der Waals surface area contributed by atoms with E-state index in [0.717, 1.165) is 22.4 Å². The third-order valence-electron chi connectivity index (χ3n) is 6.85. The zero-order valence-corrected chi connectivity index (χ0v) is 23.2. The molecule has 1 atom stereocenters. The van der Waals surface area contributed by atoms with Gasteiger partial charge >= 0.3 is 0 Å². The highest BCUT2D eigenvalue weighted by Gasteiger charge is 2.29. The smallest absolute Gasteiger partial charge is 0.251 e. The van der Waals surface area contributed by atoms with Gasteiger partial charge in [0.25, 0.3) is 5.91 Å². The highest BCUT2D eigenvalue weighted by Crippen LogP contribution is 2.40. The lowest BCUT2D eigenvalue weighted by atomic mass is 10.0. The summed E-state index contributed by atoms with van der Waals surface area (Å²) >= 11 is 0. The van der Waals surface area contributed by atoms with Crippen LogP contribution in [-0.2, 0) is 4.79 Å². The fraction of sp³-hybridized carbons (Fsp3) is 0.0833. The van der Waals surface area contributed by atoms with Crippen LogP contribution in [0.1, 0.15) is 29.7 Å². The molecule has 0 saturated heterocycles. The number of carbonyl (C=O) groups is 1. The zero-order chi connectivity index (χ0) is 27.0. The van der Waals surface area contributed by atoms with Gasteiger partial charge in [-0.15, -0.1) is 0 Å². The molecule has 1 amide bonds. The lowest BCUT2D eigenvalue weighted by Crippen LogP contribution is -2.37. The second-order valence-corrected chi connectivity index (χ2v) is 11.7. The number of aryl methyl sites for hydroxylation is 1. The van der Waals surface area contributed by atoms with E-state index in [1.807, 2.05) is 59.5 Å². The molecule has 0 aliphatic heterocycles. The van der Waals surface area contributed by atoms with Crippen molar-refractivity contribution in [2.75, 3.05) is 4.90 Å². The molecular formula is C36H32NOP. The summed E-state index contributed by atoms with van der Waals surface area (Å²) < 4.78 is 0. The first-order valence-corrected chi connectivity index (χ1v) is 14.6. The predicted molar refractivity (Wildman–Crippen MR) is 168 cm³/mol. The van der Waals surface area contributed by atoms with E-state index in [9.17, 15) is 4.79 Å². The van der Waals surface area contributed by atoms with Crippen LogP contribution in [0.5, 0.6) is 0 Å². The van der Waals surface area contributed by atoms with E-state index >= 15 is 0 Å². The van der Waals surface area contributed by atoms with E-state index in [1.165, 1.54) is 15.9 Å². The van der Waals surface area contributed by atoms with Gasteiger partial charge in [-0.25, -0.2) is 0 Å². The van der Waals surface area contributed by atoms with Crippen LogP contribution in [0.3, 0.4) is 0 Å². The molecule has 2 nitrogen and oxygen atoms in total. The molecule has 0 N–H and O–H groups in total. The average Bonchev–Trinajstić information content (AvgIpc) is 2.99. The Balaban J connectivity index is 1.69. The summed E-state index contributed by atoms with van der Waals surface area (Å²) in [4.78, 5) is 16.2. The third kappa shape index (κ3) is 6.08. The van der Waals surface area contributed by atoms with E-state index in [4.69, 9.17) is 0 Å². The molecular weight excluding hydrogens is 493 g/mol. The number of amides is 1. The molecule has 3 heteroatoms. The van der Waals surface area contributed by atoms with E-state index in [-0.39, 0.29) is 11.9 Å². The number of para-hydroxylation sites is 1. The maximum absolute atomic E-state index is 14.2. The largest absolute Gasteiger partial charge is 0.301 e. The molecule has 0 unspecified atom stereocenters. The molecule has 0 radical (unpaired) electrons. The zero-order valence-electron chi connectivity index (χ0n) is 22.3. The standard InChI is InChI=1S/C36H32NOP/c1-28-16-15-25-34(39(32-21-11-5-12-22-32)33-23-13-6-14-24-33)36(28)37(29(2)31-19-9-4-10-20-31)35(38)27-26-30-17-7-3-8-18-30/h3-27,29H,1-2H3/b27-26+/t29-/m0/s1. The molecule has 5 aromatic carbocycles. The summed E-state index contributed by atoms with van der Waals surface area (Å²) in [7, 11) is -0.905. The monoisotopic (exact) mass is 525 g/mol. The SMILES string of the molecule is Cc1cccc(P(c2ccccc2)c2ccccc2)c1N(C(=O)/C=C/c1ccccc1)[C@@H](C)c1ccccc1. The van der Waals surface area contributed by atoms with Gasteiger partial charge in [-0.3, -0.25) is 4.79 Å². The van der Waals surface area contributed by atoms with Crippen LogP contribution >= 0.6 is 7.92 Å². The molecule has 0 saturated carbocycles. The molecule has 192 valence electrons. The van der Waals surface area contributed by atoms with Crippen LogP contribution in [0, 0.1) is 6.92 Å². The summed E-state index contributed by atoms with van der Waals surface area (Å²) in [6.07, 6.45) is 3.61. The molecule has 0 aliphatic carbocycles. The van der Waals surface area contributed by atoms with Gasteiger partial charge in [-0.05, 0) is 55.1 Å². The highest BCUT2D eigenvalue weighted by molar-refractivity contribution is 7.80. The Morgan fingerprint density at radius 3 is 1.74 bits per heavy atom. The number of hydrogen-bond acceptors (Lipinski definition) is 1. The first kappa shape index (κ1) is 26.4. The molecule has 0 spiro atoms. The number of benzene rings is 5. The second kappa shape index (κ2) is 12.5. The lowest BCUT2D eigenvalue weighted by molar-refractivity contribution is -0.114. The lowest BCUT2D eigenvalue weighted by Gasteiger charge is -2.34. The summed E-state index contributed by atoms with van der Waals surface area (Å²) in [5, 5.41) is 3.68. The molecule has 0 fully saturated rings. The molecule has 39 heavy (non-hydrogen) atoms. The average molecular weight is 526 g/mol. The van der Waals surface area contributed by atoms with Crippen molar-refractivity contribution in [3.05, 3.63) is 162 Å². The van der Waals surface area contributed by atoms with Crippen molar-refractivity contribution in [3.8, 4) is 0 Å². The normalized spacial score (nSPS) is 12.0. The van der Waals surface area contributed by atoms with Crippen LogP contribution in [0.2, 0.25) is 0 Å². The van der Waals surface area contributed by atoms with E-state index in [2.05, 4.69) is 105 Å². The van der Waals surface area contributed by atoms with E-state index in [0.29, 0.717) is 0 Å². The molecule has 5 aromatic rings. The van der Waals surface area contributed by atoms with Crippen LogP contribution in [-0.4, -0.2) is 5.91 Å². The molecule has 0 aliphatic rings. The Hall–Kier alpha value is -4.26. The molecule has 5 rings (SSSR count). The Bertz CT molecular complexity index is 1490. The number of rotatable bonds is 8. The molecule has 0 bridgehead atoms. The quantitative estimate of drug-likeness (QED) is 0.151. The molecule has 0 aromatic heterocycles. The van der Waals surface area contributed by atoms with Crippen molar-refractivity contribution in [1.29, 1.82) is 0 Å². The summed E-state index contributed by atoms with van der Waals surface area (Å²) in [5.74, 6) is -0.0400. The van der Waals surface area contributed by atoms with Gasteiger partial charge in [0.1, 0.15) is 0 Å². The minimum Gasteiger partial charge on any atom is -0.301 e.